The lowest BCUT2D eigenvalue weighted by molar-refractivity contribution is 0.184. The lowest BCUT2D eigenvalue weighted by Crippen LogP contribution is -2.38. The Morgan fingerprint density at radius 2 is 1.80 bits per heavy atom. The fourth-order valence-electron chi connectivity index (χ4n) is 3.69. The Kier molecular flexibility index (Phi) is 6.74. The highest BCUT2D eigenvalue weighted by Gasteiger charge is 2.22. The normalized spacial score (nSPS) is 19.2. The topological polar surface area (TPSA) is 39.7 Å². The highest BCUT2D eigenvalue weighted by molar-refractivity contribution is 5.80. The van der Waals surface area contributed by atoms with Gasteiger partial charge in [-0.15, -0.1) is 0 Å². The van der Waals surface area contributed by atoms with Crippen molar-refractivity contribution in [2.45, 2.75) is 77.0 Å². The van der Waals surface area contributed by atoms with Crippen LogP contribution in [0.3, 0.4) is 0 Å². The van der Waals surface area contributed by atoms with Gasteiger partial charge in [0.1, 0.15) is 0 Å². The summed E-state index contributed by atoms with van der Waals surface area (Å²) in [5.74, 6) is 0.959. The molecule has 0 saturated heterocycles. The van der Waals surface area contributed by atoms with Crippen molar-refractivity contribution in [3.63, 3.8) is 0 Å². The molecule has 0 spiro atoms. The maximum Gasteiger partial charge on any atom is 0.191 e. The number of hydrogen-bond donors (Lipinski definition) is 2. The van der Waals surface area contributed by atoms with Gasteiger partial charge in [-0.25, -0.2) is 4.99 Å². The Balaban J connectivity index is 1.62. The summed E-state index contributed by atoms with van der Waals surface area (Å²) < 4.78 is 0. The van der Waals surface area contributed by atoms with E-state index in [1.807, 2.05) is 0 Å². The quantitative estimate of drug-likeness (QED) is 0.587. The average molecular weight is 343 g/mol. The number of nitrogens with zero attached hydrogens (tertiary/aromatic N) is 2. The van der Waals surface area contributed by atoms with E-state index in [4.69, 9.17) is 4.99 Å². The fourth-order valence-corrected chi connectivity index (χ4v) is 3.69. The standard InChI is InChI=1S/C21H34N4/c1-3-22-21(24-19-13-14-19)23-15-17-9-7-8-10-18(17)16-25(2)20-11-5-4-6-12-20/h7-10,19-20H,3-6,11-16H2,1-2H3,(H2,22,23,24). The van der Waals surface area contributed by atoms with Crippen LogP contribution in [0.4, 0.5) is 0 Å². The zero-order chi connectivity index (χ0) is 17.5. The predicted octanol–water partition coefficient (Wildman–Crippen LogP) is 3.67. The summed E-state index contributed by atoms with van der Waals surface area (Å²) in [5.41, 5.74) is 2.76. The van der Waals surface area contributed by atoms with E-state index >= 15 is 0 Å². The summed E-state index contributed by atoms with van der Waals surface area (Å²) in [6.07, 6.45) is 9.44. The molecule has 0 aliphatic heterocycles. The molecule has 1 aromatic carbocycles. The summed E-state index contributed by atoms with van der Waals surface area (Å²) in [6, 6.07) is 10.2. The van der Waals surface area contributed by atoms with Gasteiger partial charge in [0, 0.05) is 25.2 Å². The Labute approximate surface area is 153 Å². The molecule has 0 heterocycles. The highest BCUT2D eigenvalue weighted by Crippen LogP contribution is 2.24. The van der Waals surface area contributed by atoms with Crippen LogP contribution < -0.4 is 10.6 Å². The number of guanidine groups is 1. The fraction of sp³-hybridized carbons (Fsp3) is 0.667. The van der Waals surface area contributed by atoms with Gasteiger partial charge in [0.05, 0.1) is 6.54 Å². The van der Waals surface area contributed by atoms with E-state index < -0.39 is 0 Å². The van der Waals surface area contributed by atoms with Crippen molar-refractivity contribution in [2.24, 2.45) is 4.99 Å². The predicted molar refractivity (Wildman–Crippen MR) is 106 cm³/mol. The summed E-state index contributed by atoms with van der Waals surface area (Å²) >= 11 is 0. The maximum atomic E-state index is 4.82. The minimum Gasteiger partial charge on any atom is -0.357 e. The molecule has 2 fully saturated rings. The van der Waals surface area contributed by atoms with E-state index in [9.17, 15) is 0 Å². The molecule has 25 heavy (non-hydrogen) atoms. The van der Waals surface area contributed by atoms with Crippen LogP contribution in [0.15, 0.2) is 29.3 Å². The summed E-state index contributed by atoms with van der Waals surface area (Å²) in [5, 5.41) is 6.87. The molecular weight excluding hydrogens is 308 g/mol. The molecule has 0 unspecified atom stereocenters. The molecule has 2 aliphatic rings. The van der Waals surface area contributed by atoms with Crippen molar-refractivity contribution in [3.8, 4) is 0 Å². The van der Waals surface area contributed by atoms with E-state index in [2.05, 4.69) is 53.8 Å². The van der Waals surface area contributed by atoms with Gasteiger partial charge < -0.3 is 10.6 Å². The number of aliphatic imine (C=N–C) groups is 1. The number of hydrogen-bond acceptors (Lipinski definition) is 2. The van der Waals surface area contributed by atoms with Crippen molar-refractivity contribution >= 4 is 5.96 Å². The van der Waals surface area contributed by atoms with E-state index in [0.29, 0.717) is 6.04 Å². The lowest BCUT2D eigenvalue weighted by atomic mass is 9.94. The molecule has 4 nitrogen and oxygen atoms in total. The second kappa shape index (κ2) is 9.23. The summed E-state index contributed by atoms with van der Waals surface area (Å²) in [6.45, 7) is 4.81. The van der Waals surface area contributed by atoms with Crippen LogP contribution in [0.25, 0.3) is 0 Å². The smallest absolute Gasteiger partial charge is 0.191 e. The molecule has 2 N–H and O–H groups in total. The van der Waals surface area contributed by atoms with Crippen molar-refractivity contribution in [3.05, 3.63) is 35.4 Å². The first-order chi connectivity index (χ1) is 12.3. The monoisotopic (exact) mass is 342 g/mol. The zero-order valence-electron chi connectivity index (χ0n) is 15.9. The van der Waals surface area contributed by atoms with Crippen LogP contribution in [0.2, 0.25) is 0 Å². The first-order valence-electron chi connectivity index (χ1n) is 10.1. The molecule has 4 heteroatoms. The molecule has 2 saturated carbocycles. The van der Waals surface area contributed by atoms with E-state index in [-0.39, 0.29) is 0 Å². The van der Waals surface area contributed by atoms with E-state index in [1.54, 1.807) is 0 Å². The Hall–Kier alpha value is -1.55. The molecule has 0 amide bonds. The first-order valence-corrected chi connectivity index (χ1v) is 10.1. The number of nitrogens with one attached hydrogen (secondary N) is 2. The van der Waals surface area contributed by atoms with Crippen molar-refractivity contribution in [1.29, 1.82) is 0 Å². The maximum absolute atomic E-state index is 4.82. The van der Waals surface area contributed by atoms with Crippen molar-refractivity contribution in [2.75, 3.05) is 13.6 Å². The van der Waals surface area contributed by atoms with Crippen LogP contribution in [0.5, 0.6) is 0 Å². The number of rotatable bonds is 7. The Morgan fingerprint density at radius 1 is 1.08 bits per heavy atom. The SMILES string of the molecule is CCNC(=NCc1ccccc1CN(C)C1CCCCC1)NC1CC1. The third-order valence-corrected chi connectivity index (χ3v) is 5.41. The van der Waals surface area contributed by atoms with E-state index in [0.717, 1.165) is 31.6 Å². The summed E-state index contributed by atoms with van der Waals surface area (Å²) in [4.78, 5) is 7.37. The molecule has 0 radical (unpaired) electrons. The molecule has 0 atom stereocenters. The van der Waals surface area contributed by atoms with Crippen LogP contribution in [0, 0.1) is 0 Å². The van der Waals surface area contributed by atoms with E-state index in [1.165, 1.54) is 56.1 Å². The molecule has 0 aromatic heterocycles. The van der Waals surface area contributed by atoms with Crippen LogP contribution in [-0.4, -0.2) is 36.5 Å². The second-order valence-electron chi connectivity index (χ2n) is 7.59. The van der Waals surface area contributed by atoms with Crippen molar-refractivity contribution in [1.82, 2.24) is 15.5 Å². The molecule has 3 rings (SSSR count). The number of benzene rings is 1. The third-order valence-electron chi connectivity index (χ3n) is 5.41. The van der Waals surface area contributed by atoms with Crippen LogP contribution >= 0.6 is 0 Å². The van der Waals surface area contributed by atoms with Crippen LogP contribution in [0.1, 0.15) is 63.0 Å². The Bertz CT molecular complexity index is 559. The minimum absolute atomic E-state index is 0.630. The van der Waals surface area contributed by atoms with Crippen LogP contribution in [-0.2, 0) is 13.1 Å². The lowest BCUT2D eigenvalue weighted by Gasteiger charge is -2.31. The van der Waals surface area contributed by atoms with Gasteiger partial charge in [-0.1, -0.05) is 43.5 Å². The van der Waals surface area contributed by atoms with Gasteiger partial charge in [-0.2, -0.15) is 0 Å². The first kappa shape index (κ1) is 18.2. The highest BCUT2D eigenvalue weighted by atomic mass is 15.2. The van der Waals surface area contributed by atoms with Gasteiger partial charge in [0.2, 0.25) is 0 Å². The van der Waals surface area contributed by atoms with Gasteiger partial charge >= 0.3 is 0 Å². The molecule has 0 bridgehead atoms. The van der Waals surface area contributed by atoms with Crippen molar-refractivity contribution < 1.29 is 0 Å². The van der Waals surface area contributed by atoms with Gasteiger partial charge in [0.25, 0.3) is 0 Å². The van der Waals surface area contributed by atoms with Gasteiger partial charge in [0.15, 0.2) is 5.96 Å². The summed E-state index contributed by atoms with van der Waals surface area (Å²) in [7, 11) is 2.29. The minimum atomic E-state index is 0.630. The molecular formula is C21H34N4. The average Bonchev–Trinajstić information content (AvgIpc) is 3.46. The second-order valence-corrected chi connectivity index (χ2v) is 7.59. The Morgan fingerprint density at radius 3 is 2.48 bits per heavy atom. The molecule has 138 valence electrons. The largest absolute Gasteiger partial charge is 0.357 e. The third kappa shape index (κ3) is 5.74. The van der Waals surface area contributed by atoms with Gasteiger partial charge in [-0.05, 0) is 50.8 Å². The van der Waals surface area contributed by atoms with Gasteiger partial charge in [-0.3, -0.25) is 4.90 Å². The molecule has 1 aromatic rings. The zero-order valence-corrected chi connectivity index (χ0v) is 15.9. The molecule has 2 aliphatic carbocycles.